The minimum Gasteiger partial charge on any atom is -0.396 e. The van der Waals surface area contributed by atoms with Gasteiger partial charge in [-0.15, -0.1) is 0 Å². The summed E-state index contributed by atoms with van der Waals surface area (Å²) in [6.45, 7) is 0.708. The van der Waals surface area contributed by atoms with E-state index in [1.165, 1.54) is 8.71 Å². The lowest BCUT2D eigenvalue weighted by Crippen LogP contribution is -2.30. The Morgan fingerprint density at radius 3 is 2.95 bits per heavy atom. The first kappa shape index (κ1) is 13.3. The molecule has 3 heterocycles. The lowest BCUT2D eigenvalue weighted by atomic mass is 10.1. The van der Waals surface area contributed by atoms with Crippen LogP contribution in [0.1, 0.15) is 6.42 Å². The summed E-state index contributed by atoms with van der Waals surface area (Å²) in [6, 6.07) is 5.21. The quantitative estimate of drug-likeness (QED) is 0.825. The summed E-state index contributed by atoms with van der Waals surface area (Å²) in [4.78, 5) is 4.08. The molecule has 1 atom stereocenters. The van der Waals surface area contributed by atoms with Gasteiger partial charge in [0.05, 0.1) is 0 Å². The number of anilines is 1. The van der Waals surface area contributed by atoms with Crippen LogP contribution in [0.25, 0.3) is 5.65 Å². The molecule has 1 saturated heterocycles. The third kappa shape index (κ3) is 1.96. The monoisotopic (exact) mass is 296 g/mol. The summed E-state index contributed by atoms with van der Waals surface area (Å²) in [7, 11) is -3.70. The van der Waals surface area contributed by atoms with Crippen molar-refractivity contribution in [3.05, 3.63) is 24.4 Å². The molecule has 0 amide bonds. The van der Waals surface area contributed by atoms with Crippen molar-refractivity contribution in [1.82, 2.24) is 13.7 Å². The Labute approximate surface area is 116 Å². The van der Waals surface area contributed by atoms with E-state index in [1.54, 1.807) is 24.4 Å². The van der Waals surface area contributed by atoms with Crippen molar-refractivity contribution >= 4 is 21.5 Å². The number of nitrogen functional groups attached to an aromatic ring is 1. The Hall–Kier alpha value is -1.64. The average Bonchev–Trinajstić information content (AvgIpc) is 3.01. The van der Waals surface area contributed by atoms with E-state index >= 15 is 0 Å². The molecule has 0 saturated carbocycles. The van der Waals surface area contributed by atoms with Gasteiger partial charge in [0, 0.05) is 25.9 Å². The Kier molecular flexibility index (Phi) is 3.15. The fourth-order valence-corrected chi connectivity index (χ4v) is 4.25. The van der Waals surface area contributed by atoms with Gasteiger partial charge in [-0.1, -0.05) is 6.07 Å². The van der Waals surface area contributed by atoms with Crippen molar-refractivity contribution in [2.24, 2.45) is 5.92 Å². The Morgan fingerprint density at radius 2 is 2.25 bits per heavy atom. The highest BCUT2D eigenvalue weighted by Crippen LogP contribution is 2.28. The van der Waals surface area contributed by atoms with Gasteiger partial charge in [0.15, 0.2) is 10.8 Å². The lowest BCUT2D eigenvalue weighted by Gasteiger charge is -2.16. The molecule has 0 spiro atoms. The number of aliphatic hydroxyl groups excluding tert-OH is 1. The first-order chi connectivity index (χ1) is 9.54. The van der Waals surface area contributed by atoms with Crippen LogP contribution in [0.4, 0.5) is 5.82 Å². The summed E-state index contributed by atoms with van der Waals surface area (Å²) in [6.07, 6.45) is 2.29. The van der Waals surface area contributed by atoms with Crippen LogP contribution < -0.4 is 5.73 Å². The first-order valence-electron chi connectivity index (χ1n) is 6.37. The molecule has 1 aliphatic heterocycles. The van der Waals surface area contributed by atoms with Crippen LogP contribution in [0.2, 0.25) is 0 Å². The molecule has 3 rings (SSSR count). The number of hydrogen-bond donors (Lipinski definition) is 2. The van der Waals surface area contributed by atoms with E-state index in [4.69, 9.17) is 10.8 Å². The Morgan fingerprint density at radius 1 is 1.45 bits per heavy atom. The minimum absolute atomic E-state index is 0.00338. The van der Waals surface area contributed by atoms with Crippen LogP contribution in [0.5, 0.6) is 0 Å². The first-order valence-corrected chi connectivity index (χ1v) is 7.81. The van der Waals surface area contributed by atoms with E-state index in [9.17, 15) is 8.42 Å². The molecule has 0 aromatic carbocycles. The fourth-order valence-electron chi connectivity index (χ4n) is 2.53. The molecule has 20 heavy (non-hydrogen) atoms. The molecular weight excluding hydrogens is 280 g/mol. The SMILES string of the molecule is Nc1nc2ccccn2c1S(=O)(=O)N1CCC(CO)C1. The van der Waals surface area contributed by atoms with E-state index in [0.717, 1.165) is 0 Å². The van der Waals surface area contributed by atoms with Crippen molar-refractivity contribution < 1.29 is 13.5 Å². The van der Waals surface area contributed by atoms with Crippen molar-refractivity contribution in [3.8, 4) is 0 Å². The van der Waals surface area contributed by atoms with Crippen molar-refractivity contribution in [2.75, 3.05) is 25.4 Å². The van der Waals surface area contributed by atoms with Gasteiger partial charge >= 0.3 is 0 Å². The molecule has 108 valence electrons. The Bertz CT molecular complexity index is 740. The van der Waals surface area contributed by atoms with E-state index < -0.39 is 10.0 Å². The maximum Gasteiger partial charge on any atom is 0.262 e. The van der Waals surface area contributed by atoms with Gasteiger partial charge in [0.2, 0.25) is 0 Å². The van der Waals surface area contributed by atoms with Crippen molar-refractivity contribution in [1.29, 1.82) is 0 Å². The lowest BCUT2D eigenvalue weighted by molar-refractivity contribution is 0.233. The van der Waals surface area contributed by atoms with Gasteiger partial charge in [-0.2, -0.15) is 4.31 Å². The zero-order chi connectivity index (χ0) is 14.3. The van der Waals surface area contributed by atoms with Gasteiger partial charge in [-0.3, -0.25) is 4.40 Å². The van der Waals surface area contributed by atoms with E-state index in [2.05, 4.69) is 4.98 Å². The highest BCUT2D eigenvalue weighted by molar-refractivity contribution is 7.89. The van der Waals surface area contributed by atoms with E-state index in [1.807, 2.05) is 0 Å². The van der Waals surface area contributed by atoms with Gasteiger partial charge in [-0.05, 0) is 24.5 Å². The number of pyridine rings is 1. The average molecular weight is 296 g/mol. The number of sulfonamides is 1. The topological polar surface area (TPSA) is 101 Å². The number of nitrogens with zero attached hydrogens (tertiary/aromatic N) is 3. The molecule has 2 aromatic heterocycles. The zero-order valence-electron chi connectivity index (χ0n) is 10.8. The predicted molar refractivity (Wildman–Crippen MR) is 73.6 cm³/mol. The van der Waals surface area contributed by atoms with Gasteiger partial charge < -0.3 is 10.8 Å². The van der Waals surface area contributed by atoms with Crippen LogP contribution in [0.15, 0.2) is 29.4 Å². The number of aromatic nitrogens is 2. The van der Waals surface area contributed by atoms with Crippen LogP contribution >= 0.6 is 0 Å². The summed E-state index contributed by atoms with van der Waals surface area (Å²) in [5.74, 6) is -0.00571. The molecule has 1 fully saturated rings. The largest absolute Gasteiger partial charge is 0.396 e. The van der Waals surface area contributed by atoms with E-state index in [0.29, 0.717) is 25.2 Å². The van der Waals surface area contributed by atoms with Crippen LogP contribution in [0, 0.1) is 5.92 Å². The number of fused-ring (bicyclic) bond motifs is 1. The third-order valence-electron chi connectivity index (χ3n) is 3.60. The number of aliphatic hydroxyl groups is 1. The van der Waals surface area contributed by atoms with Gasteiger partial charge in [-0.25, -0.2) is 13.4 Å². The predicted octanol–water partition coefficient (Wildman–Crippen LogP) is -0.0806. The van der Waals surface area contributed by atoms with Gasteiger partial charge in [0.25, 0.3) is 10.0 Å². The van der Waals surface area contributed by atoms with Crippen molar-refractivity contribution in [2.45, 2.75) is 11.4 Å². The third-order valence-corrected chi connectivity index (χ3v) is 5.51. The smallest absolute Gasteiger partial charge is 0.262 e. The molecular formula is C12H16N4O3S. The normalized spacial score (nSPS) is 20.8. The second-order valence-corrected chi connectivity index (χ2v) is 6.78. The number of hydrogen-bond acceptors (Lipinski definition) is 5. The molecule has 8 heteroatoms. The highest BCUT2D eigenvalue weighted by atomic mass is 32.2. The number of rotatable bonds is 3. The van der Waals surface area contributed by atoms with E-state index in [-0.39, 0.29) is 23.4 Å². The van der Waals surface area contributed by atoms with Crippen LogP contribution in [-0.2, 0) is 10.0 Å². The second kappa shape index (κ2) is 4.72. The summed E-state index contributed by atoms with van der Waals surface area (Å²) < 4.78 is 28.2. The molecule has 1 unspecified atom stereocenters. The number of imidazole rings is 1. The molecule has 0 bridgehead atoms. The second-order valence-electron chi connectivity index (χ2n) is 4.93. The number of nitrogens with two attached hydrogens (primary N) is 1. The fraction of sp³-hybridized carbons (Fsp3) is 0.417. The standard InChI is InChI=1S/C12H16N4O3S/c13-11-12(16-5-2-1-3-10(16)14-11)20(18,19)15-6-4-9(7-15)8-17/h1-3,5,9,17H,4,6-8,13H2. The molecule has 1 aliphatic rings. The summed E-state index contributed by atoms with van der Waals surface area (Å²) >= 11 is 0. The maximum absolute atomic E-state index is 12.7. The van der Waals surface area contributed by atoms with Crippen molar-refractivity contribution in [3.63, 3.8) is 0 Å². The highest BCUT2D eigenvalue weighted by Gasteiger charge is 2.35. The Balaban J connectivity index is 2.08. The van der Waals surface area contributed by atoms with Crippen LogP contribution in [0.3, 0.4) is 0 Å². The summed E-state index contributed by atoms with van der Waals surface area (Å²) in [5.41, 5.74) is 6.29. The summed E-state index contributed by atoms with van der Waals surface area (Å²) in [5, 5.41) is 9.15. The molecule has 0 radical (unpaired) electrons. The van der Waals surface area contributed by atoms with Gasteiger partial charge in [0.1, 0.15) is 5.65 Å². The molecule has 2 aromatic rings. The molecule has 3 N–H and O–H groups in total. The maximum atomic E-state index is 12.7. The zero-order valence-corrected chi connectivity index (χ0v) is 11.6. The van der Waals surface area contributed by atoms with Crippen LogP contribution in [-0.4, -0.2) is 46.9 Å². The molecule has 0 aliphatic carbocycles. The minimum atomic E-state index is -3.70. The molecule has 7 nitrogen and oxygen atoms in total.